The number of rotatable bonds is 5. The van der Waals surface area contributed by atoms with E-state index in [0.717, 1.165) is 44.6 Å². The Morgan fingerprint density at radius 1 is 1.38 bits per heavy atom. The molecule has 2 aliphatic rings. The summed E-state index contributed by atoms with van der Waals surface area (Å²) in [6.45, 7) is 3.52. The molecule has 2 atom stereocenters. The number of hydrogen-bond donors (Lipinski definition) is 2. The summed E-state index contributed by atoms with van der Waals surface area (Å²) in [5, 5.41) is 2.99. The number of benzene rings is 1. The molecule has 3 rings (SSSR count). The number of ether oxygens (including phenoxy) is 1. The first-order valence-corrected chi connectivity index (χ1v) is 7.75. The molecule has 0 radical (unpaired) electrons. The first-order valence-electron chi connectivity index (χ1n) is 7.75. The highest BCUT2D eigenvalue weighted by atomic mass is 16.5. The maximum absolute atomic E-state index is 11.7. The summed E-state index contributed by atoms with van der Waals surface area (Å²) in [7, 11) is 0. The predicted octanol–water partition coefficient (Wildman–Crippen LogP) is 1.25. The minimum Gasteiger partial charge on any atom is -0.491 e. The largest absolute Gasteiger partial charge is 0.491 e. The number of nitrogens with one attached hydrogen (secondary N) is 1. The van der Waals surface area contributed by atoms with Crippen molar-refractivity contribution in [3.63, 3.8) is 0 Å². The zero-order valence-corrected chi connectivity index (χ0v) is 12.3. The second kappa shape index (κ2) is 6.35. The lowest BCUT2D eigenvalue weighted by atomic mass is 9.91. The van der Waals surface area contributed by atoms with Gasteiger partial charge in [0.25, 0.3) is 0 Å². The van der Waals surface area contributed by atoms with Gasteiger partial charge in [-0.25, -0.2) is 0 Å². The number of amides is 1. The zero-order chi connectivity index (χ0) is 14.7. The average molecular weight is 289 g/mol. The number of anilines is 1. The summed E-state index contributed by atoms with van der Waals surface area (Å²) in [5.74, 6) is 1.19. The van der Waals surface area contributed by atoms with E-state index in [9.17, 15) is 4.79 Å². The van der Waals surface area contributed by atoms with Crippen molar-refractivity contribution in [2.45, 2.75) is 25.3 Å². The molecule has 2 heterocycles. The van der Waals surface area contributed by atoms with Crippen LogP contribution in [-0.2, 0) is 4.79 Å². The summed E-state index contributed by atoms with van der Waals surface area (Å²) >= 11 is 0. The Bertz CT molecular complexity index is 506. The number of para-hydroxylation sites is 2. The molecule has 0 saturated carbocycles. The molecule has 5 nitrogen and oxygen atoms in total. The van der Waals surface area contributed by atoms with Gasteiger partial charge in [-0.1, -0.05) is 12.1 Å². The lowest BCUT2D eigenvalue weighted by Crippen LogP contribution is -2.46. The van der Waals surface area contributed by atoms with Crippen LogP contribution in [0.3, 0.4) is 0 Å². The van der Waals surface area contributed by atoms with E-state index in [1.807, 2.05) is 24.3 Å². The summed E-state index contributed by atoms with van der Waals surface area (Å²) in [4.78, 5) is 14.2. The number of carbonyl (C=O) groups excluding carboxylic acids is 1. The van der Waals surface area contributed by atoms with Crippen LogP contribution in [0.1, 0.15) is 19.3 Å². The van der Waals surface area contributed by atoms with Gasteiger partial charge in [0, 0.05) is 19.1 Å². The van der Waals surface area contributed by atoms with Crippen molar-refractivity contribution in [1.29, 1.82) is 0 Å². The maximum atomic E-state index is 11.7. The van der Waals surface area contributed by atoms with E-state index in [1.54, 1.807) is 0 Å². The number of nitrogen functional groups attached to an aromatic ring is 1. The van der Waals surface area contributed by atoms with E-state index in [-0.39, 0.29) is 11.8 Å². The minimum atomic E-state index is 0.199. The lowest BCUT2D eigenvalue weighted by Gasteiger charge is -2.35. The number of piperidine rings is 1. The molecule has 1 amide bonds. The summed E-state index contributed by atoms with van der Waals surface area (Å²) < 4.78 is 5.73. The van der Waals surface area contributed by atoms with Gasteiger partial charge in [-0.15, -0.1) is 0 Å². The molecule has 2 fully saturated rings. The van der Waals surface area contributed by atoms with Gasteiger partial charge in [-0.05, 0) is 37.9 Å². The molecular weight excluding hydrogens is 266 g/mol. The molecular formula is C16H23N3O2. The van der Waals surface area contributed by atoms with Gasteiger partial charge in [0.2, 0.25) is 5.91 Å². The second-order valence-electron chi connectivity index (χ2n) is 5.84. The van der Waals surface area contributed by atoms with E-state index < -0.39 is 0 Å². The van der Waals surface area contributed by atoms with Crippen molar-refractivity contribution in [3.05, 3.63) is 24.3 Å². The molecule has 0 spiro atoms. The Kier molecular flexibility index (Phi) is 4.29. The van der Waals surface area contributed by atoms with Crippen molar-refractivity contribution < 1.29 is 9.53 Å². The maximum Gasteiger partial charge on any atom is 0.224 e. The van der Waals surface area contributed by atoms with Gasteiger partial charge < -0.3 is 15.8 Å². The van der Waals surface area contributed by atoms with Crippen LogP contribution in [0, 0.1) is 5.92 Å². The molecule has 2 aliphatic heterocycles. The van der Waals surface area contributed by atoms with E-state index >= 15 is 0 Å². The normalized spacial score (nSPS) is 25.4. The van der Waals surface area contributed by atoms with Crippen LogP contribution < -0.4 is 15.8 Å². The highest BCUT2D eigenvalue weighted by Crippen LogP contribution is 2.27. The Labute approximate surface area is 125 Å². The van der Waals surface area contributed by atoms with Crippen LogP contribution in [-0.4, -0.2) is 43.1 Å². The summed E-state index contributed by atoms with van der Waals surface area (Å²) in [5.41, 5.74) is 6.53. The Morgan fingerprint density at radius 3 is 3.10 bits per heavy atom. The molecule has 3 N–H and O–H groups in total. The third-order valence-corrected chi connectivity index (χ3v) is 4.48. The van der Waals surface area contributed by atoms with Crippen LogP contribution in [0.5, 0.6) is 5.75 Å². The predicted molar refractivity (Wildman–Crippen MR) is 82.1 cm³/mol. The summed E-state index contributed by atoms with van der Waals surface area (Å²) in [6, 6.07) is 7.95. The molecule has 0 bridgehead atoms. The number of nitrogens with zero attached hydrogens (tertiary/aromatic N) is 1. The van der Waals surface area contributed by atoms with Crippen molar-refractivity contribution in [1.82, 2.24) is 10.2 Å². The molecule has 0 aromatic heterocycles. The van der Waals surface area contributed by atoms with Gasteiger partial charge in [-0.3, -0.25) is 9.69 Å². The fourth-order valence-corrected chi connectivity index (χ4v) is 3.38. The first-order chi connectivity index (χ1) is 10.3. The van der Waals surface area contributed by atoms with E-state index in [1.165, 1.54) is 0 Å². The van der Waals surface area contributed by atoms with Crippen LogP contribution in [0.2, 0.25) is 0 Å². The molecule has 2 unspecified atom stereocenters. The molecule has 114 valence electrons. The van der Waals surface area contributed by atoms with Crippen molar-refractivity contribution in [2.75, 3.05) is 32.0 Å². The Balaban J connectivity index is 1.45. The topological polar surface area (TPSA) is 67.6 Å². The molecule has 1 aromatic carbocycles. The van der Waals surface area contributed by atoms with Gasteiger partial charge >= 0.3 is 0 Å². The van der Waals surface area contributed by atoms with Crippen LogP contribution in [0.4, 0.5) is 5.69 Å². The molecule has 1 aromatic rings. The number of hydrogen-bond acceptors (Lipinski definition) is 4. The van der Waals surface area contributed by atoms with Gasteiger partial charge in [0.1, 0.15) is 5.75 Å². The zero-order valence-electron chi connectivity index (χ0n) is 12.3. The average Bonchev–Trinajstić information content (AvgIpc) is 2.88. The fourth-order valence-electron chi connectivity index (χ4n) is 3.38. The Hall–Kier alpha value is -1.75. The lowest BCUT2D eigenvalue weighted by molar-refractivity contribution is -0.124. The SMILES string of the molecule is Nc1ccccc1OCCCN1CCCC2C(=O)NCC21. The summed E-state index contributed by atoms with van der Waals surface area (Å²) in [6.07, 6.45) is 3.09. The highest BCUT2D eigenvalue weighted by Gasteiger charge is 2.40. The van der Waals surface area contributed by atoms with Crippen LogP contribution >= 0.6 is 0 Å². The van der Waals surface area contributed by atoms with E-state index in [2.05, 4.69) is 10.2 Å². The fraction of sp³-hybridized carbons (Fsp3) is 0.562. The Morgan fingerprint density at radius 2 is 2.24 bits per heavy atom. The molecule has 5 heteroatoms. The molecule has 2 saturated heterocycles. The van der Waals surface area contributed by atoms with E-state index in [0.29, 0.717) is 18.3 Å². The van der Waals surface area contributed by atoms with Crippen molar-refractivity contribution >= 4 is 11.6 Å². The van der Waals surface area contributed by atoms with Crippen molar-refractivity contribution in [2.24, 2.45) is 5.92 Å². The number of likely N-dealkylation sites (tertiary alicyclic amines) is 1. The van der Waals surface area contributed by atoms with Gasteiger partial charge in [0.05, 0.1) is 18.2 Å². The third-order valence-electron chi connectivity index (χ3n) is 4.48. The van der Waals surface area contributed by atoms with Crippen LogP contribution in [0.25, 0.3) is 0 Å². The number of fused-ring (bicyclic) bond motifs is 1. The van der Waals surface area contributed by atoms with Gasteiger partial charge in [0.15, 0.2) is 0 Å². The minimum absolute atomic E-state index is 0.199. The number of carbonyl (C=O) groups is 1. The molecule has 0 aliphatic carbocycles. The van der Waals surface area contributed by atoms with Gasteiger partial charge in [-0.2, -0.15) is 0 Å². The van der Waals surface area contributed by atoms with Crippen LogP contribution in [0.15, 0.2) is 24.3 Å². The second-order valence-corrected chi connectivity index (χ2v) is 5.84. The smallest absolute Gasteiger partial charge is 0.224 e. The van der Waals surface area contributed by atoms with E-state index in [4.69, 9.17) is 10.5 Å². The quantitative estimate of drug-likeness (QED) is 0.632. The van der Waals surface area contributed by atoms with Crippen molar-refractivity contribution in [3.8, 4) is 5.75 Å². The first kappa shape index (κ1) is 14.2. The standard InChI is InChI=1S/C16H23N3O2/c17-13-6-1-2-7-15(13)21-10-4-9-19-8-3-5-12-14(19)11-18-16(12)20/h1-2,6-7,12,14H,3-5,8-11,17H2,(H,18,20). The molecule has 21 heavy (non-hydrogen) atoms. The monoisotopic (exact) mass is 289 g/mol. The number of nitrogens with two attached hydrogens (primary N) is 1. The third kappa shape index (κ3) is 3.13. The highest BCUT2D eigenvalue weighted by molar-refractivity contribution is 5.82.